The normalized spacial score (nSPS) is 24.4. The van der Waals surface area contributed by atoms with Crippen LogP contribution in [0.2, 0.25) is 0 Å². The average Bonchev–Trinajstić information content (AvgIpc) is 3.02. The van der Waals surface area contributed by atoms with Crippen molar-refractivity contribution in [3.05, 3.63) is 30.1 Å². The summed E-state index contributed by atoms with van der Waals surface area (Å²) < 4.78 is 1.58. The maximum Gasteiger partial charge on any atom is 0.229 e. The highest BCUT2D eigenvalue weighted by Gasteiger charge is 2.37. The molecule has 1 amide bonds. The average molecular weight is 314 g/mol. The first-order valence-electron chi connectivity index (χ1n) is 7.91. The van der Waals surface area contributed by atoms with Crippen molar-refractivity contribution in [1.29, 1.82) is 0 Å². The molecule has 3 rings (SSSR count). The monoisotopic (exact) mass is 314 g/mol. The van der Waals surface area contributed by atoms with Gasteiger partial charge in [-0.15, -0.1) is 5.10 Å². The molecule has 1 aromatic heterocycles. The predicted octanol–water partition coefficient (Wildman–Crippen LogP) is 1.82. The van der Waals surface area contributed by atoms with Crippen molar-refractivity contribution >= 4 is 11.6 Å². The number of aromatic nitrogens is 4. The quantitative estimate of drug-likeness (QED) is 0.900. The Balaban J connectivity index is 1.80. The fraction of sp³-hybridized carbons (Fsp3) is 0.500. The van der Waals surface area contributed by atoms with Gasteiger partial charge in [-0.2, -0.15) is 0 Å². The second-order valence-electron chi connectivity index (χ2n) is 6.55. The van der Waals surface area contributed by atoms with Gasteiger partial charge in [-0.1, -0.05) is 18.9 Å². The van der Waals surface area contributed by atoms with Crippen molar-refractivity contribution in [2.45, 2.75) is 45.1 Å². The molecule has 23 heavy (non-hydrogen) atoms. The zero-order chi connectivity index (χ0) is 16.4. The molecule has 0 aliphatic heterocycles. The molecule has 1 saturated carbocycles. The van der Waals surface area contributed by atoms with Crippen LogP contribution in [-0.4, -0.2) is 31.7 Å². The number of hydrogen-bond donors (Lipinski definition) is 2. The molecule has 7 heteroatoms. The Morgan fingerprint density at radius 2 is 2.26 bits per heavy atom. The second-order valence-corrected chi connectivity index (χ2v) is 6.55. The minimum Gasteiger partial charge on any atom is -0.326 e. The van der Waals surface area contributed by atoms with Gasteiger partial charge in [0.25, 0.3) is 0 Å². The highest BCUT2D eigenvalue weighted by molar-refractivity contribution is 5.93. The molecule has 1 aromatic carbocycles. The number of carbonyl (C=O) groups is 1. The summed E-state index contributed by atoms with van der Waals surface area (Å²) in [5, 5.41) is 14.2. The molecule has 1 fully saturated rings. The lowest BCUT2D eigenvalue weighted by molar-refractivity contribution is -0.122. The Labute approximate surface area is 135 Å². The Morgan fingerprint density at radius 3 is 2.96 bits per heavy atom. The zero-order valence-electron chi connectivity index (χ0n) is 13.5. The van der Waals surface area contributed by atoms with E-state index in [0.29, 0.717) is 0 Å². The predicted molar refractivity (Wildman–Crippen MR) is 87.1 cm³/mol. The van der Waals surface area contributed by atoms with Gasteiger partial charge in [-0.25, -0.2) is 4.68 Å². The van der Waals surface area contributed by atoms with E-state index in [2.05, 4.69) is 20.8 Å². The first kappa shape index (κ1) is 15.6. The van der Waals surface area contributed by atoms with E-state index in [1.165, 1.54) is 6.33 Å². The summed E-state index contributed by atoms with van der Waals surface area (Å²) in [7, 11) is 0. The number of nitrogens with one attached hydrogen (secondary N) is 1. The van der Waals surface area contributed by atoms with Crippen LogP contribution in [0, 0.1) is 12.8 Å². The molecule has 3 N–H and O–H groups in total. The number of tetrazole rings is 1. The number of nitrogens with two attached hydrogens (primary N) is 1. The molecule has 2 unspecified atom stereocenters. The van der Waals surface area contributed by atoms with Crippen molar-refractivity contribution in [1.82, 2.24) is 20.2 Å². The highest BCUT2D eigenvalue weighted by Crippen LogP contribution is 2.32. The molecule has 0 spiro atoms. The third-order valence-corrected chi connectivity index (χ3v) is 4.64. The van der Waals surface area contributed by atoms with Crippen LogP contribution in [0.25, 0.3) is 5.69 Å². The number of aryl methyl sites for hydroxylation is 1. The van der Waals surface area contributed by atoms with E-state index >= 15 is 0 Å². The Morgan fingerprint density at radius 1 is 1.43 bits per heavy atom. The van der Waals surface area contributed by atoms with E-state index in [-0.39, 0.29) is 11.8 Å². The third-order valence-electron chi connectivity index (χ3n) is 4.64. The number of anilines is 1. The van der Waals surface area contributed by atoms with Gasteiger partial charge in [0.1, 0.15) is 6.33 Å². The van der Waals surface area contributed by atoms with Crippen LogP contribution in [0.15, 0.2) is 24.5 Å². The number of benzene rings is 1. The van der Waals surface area contributed by atoms with E-state index in [4.69, 9.17) is 5.73 Å². The van der Waals surface area contributed by atoms with Crippen molar-refractivity contribution in [2.75, 3.05) is 5.32 Å². The molecule has 1 heterocycles. The fourth-order valence-corrected chi connectivity index (χ4v) is 3.22. The van der Waals surface area contributed by atoms with Gasteiger partial charge in [0, 0.05) is 11.2 Å². The van der Waals surface area contributed by atoms with Gasteiger partial charge in [-0.05, 0) is 54.8 Å². The molecule has 1 aliphatic rings. The standard InChI is InChI=1S/C16H22N6O/c1-11-6-7-12(9-14(11)22-10-18-20-21-22)19-15(23)13-5-3-4-8-16(13,2)17/h6-7,9-10,13H,3-5,8,17H2,1-2H3,(H,19,23). The van der Waals surface area contributed by atoms with Crippen LogP contribution in [0.3, 0.4) is 0 Å². The molecule has 2 aromatic rings. The minimum atomic E-state index is -0.439. The highest BCUT2D eigenvalue weighted by atomic mass is 16.2. The smallest absolute Gasteiger partial charge is 0.229 e. The largest absolute Gasteiger partial charge is 0.326 e. The first-order valence-corrected chi connectivity index (χ1v) is 7.91. The maximum absolute atomic E-state index is 12.6. The van der Waals surface area contributed by atoms with Crippen LogP contribution in [0.5, 0.6) is 0 Å². The van der Waals surface area contributed by atoms with Gasteiger partial charge in [0.15, 0.2) is 0 Å². The summed E-state index contributed by atoms with van der Waals surface area (Å²) in [4.78, 5) is 12.6. The van der Waals surface area contributed by atoms with Gasteiger partial charge in [0.2, 0.25) is 5.91 Å². The topological polar surface area (TPSA) is 98.7 Å². The number of nitrogens with zero attached hydrogens (tertiary/aromatic N) is 4. The van der Waals surface area contributed by atoms with Crippen LogP contribution >= 0.6 is 0 Å². The van der Waals surface area contributed by atoms with E-state index in [1.54, 1.807) is 4.68 Å². The summed E-state index contributed by atoms with van der Waals surface area (Å²) in [6.07, 6.45) is 5.39. The summed E-state index contributed by atoms with van der Waals surface area (Å²) in [5.41, 5.74) is 8.47. The lowest BCUT2D eigenvalue weighted by Gasteiger charge is -2.37. The van der Waals surface area contributed by atoms with Gasteiger partial charge < -0.3 is 11.1 Å². The summed E-state index contributed by atoms with van der Waals surface area (Å²) >= 11 is 0. The summed E-state index contributed by atoms with van der Waals surface area (Å²) in [5.74, 6) is -0.171. The van der Waals surface area contributed by atoms with Crippen molar-refractivity contribution in [3.8, 4) is 5.69 Å². The molecule has 7 nitrogen and oxygen atoms in total. The Hall–Kier alpha value is -2.28. The van der Waals surface area contributed by atoms with Crippen molar-refractivity contribution in [3.63, 3.8) is 0 Å². The SMILES string of the molecule is Cc1ccc(NC(=O)C2CCCCC2(C)N)cc1-n1cnnn1. The third kappa shape index (κ3) is 3.24. The van der Waals surface area contributed by atoms with Crippen LogP contribution < -0.4 is 11.1 Å². The molecule has 2 atom stereocenters. The number of hydrogen-bond acceptors (Lipinski definition) is 5. The van der Waals surface area contributed by atoms with Gasteiger partial charge in [-0.3, -0.25) is 4.79 Å². The second kappa shape index (κ2) is 6.08. The van der Waals surface area contributed by atoms with E-state index in [1.807, 2.05) is 32.0 Å². The van der Waals surface area contributed by atoms with E-state index in [0.717, 1.165) is 42.6 Å². The maximum atomic E-state index is 12.6. The zero-order valence-corrected chi connectivity index (χ0v) is 13.5. The van der Waals surface area contributed by atoms with Gasteiger partial charge in [0.05, 0.1) is 11.6 Å². The van der Waals surface area contributed by atoms with E-state index in [9.17, 15) is 4.79 Å². The van der Waals surface area contributed by atoms with Gasteiger partial charge >= 0.3 is 0 Å². The Kier molecular flexibility index (Phi) is 4.12. The van der Waals surface area contributed by atoms with Crippen LogP contribution in [0.1, 0.15) is 38.2 Å². The molecule has 0 saturated heterocycles. The van der Waals surface area contributed by atoms with Crippen molar-refractivity contribution < 1.29 is 4.79 Å². The molecular weight excluding hydrogens is 292 g/mol. The molecular formula is C16H22N6O. The fourth-order valence-electron chi connectivity index (χ4n) is 3.22. The first-order chi connectivity index (χ1) is 11.0. The van der Waals surface area contributed by atoms with E-state index < -0.39 is 5.54 Å². The molecule has 0 bridgehead atoms. The lowest BCUT2D eigenvalue weighted by Crippen LogP contribution is -2.51. The number of rotatable bonds is 3. The summed E-state index contributed by atoms with van der Waals surface area (Å²) in [6.45, 7) is 3.94. The molecule has 122 valence electrons. The lowest BCUT2D eigenvalue weighted by atomic mass is 9.74. The summed E-state index contributed by atoms with van der Waals surface area (Å²) in [6, 6.07) is 5.70. The number of amides is 1. The molecule has 0 radical (unpaired) electrons. The minimum absolute atomic E-state index is 0.0128. The van der Waals surface area contributed by atoms with Crippen LogP contribution in [-0.2, 0) is 4.79 Å². The Bertz CT molecular complexity index is 695. The van der Waals surface area contributed by atoms with Crippen molar-refractivity contribution in [2.24, 2.45) is 11.7 Å². The molecule has 1 aliphatic carbocycles. The number of carbonyl (C=O) groups excluding carboxylic acids is 1. The van der Waals surface area contributed by atoms with Crippen LogP contribution in [0.4, 0.5) is 5.69 Å².